The predicted octanol–water partition coefficient (Wildman–Crippen LogP) is 3.55. The van der Waals surface area contributed by atoms with Crippen LogP contribution in [0, 0.1) is 0 Å². The number of nitrogens with zero attached hydrogens (tertiary/aromatic N) is 3. The Hall–Kier alpha value is -2.08. The van der Waals surface area contributed by atoms with Crippen LogP contribution in [-0.4, -0.2) is 35.8 Å². The number of aromatic nitrogens is 2. The second-order valence-corrected chi connectivity index (χ2v) is 6.44. The fourth-order valence-corrected chi connectivity index (χ4v) is 3.21. The third kappa shape index (κ3) is 3.38. The molecule has 1 aromatic heterocycles. The lowest BCUT2D eigenvalue weighted by Gasteiger charge is -2.25. The Kier molecular flexibility index (Phi) is 5.04. The lowest BCUT2D eigenvalue weighted by atomic mass is 10.0. The van der Waals surface area contributed by atoms with Gasteiger partial charge in [-0.1, -0.05) is 25.1 Å². The second kappa shape index (κ2) is 7.21. The predicted molar refractivity (Wildman–Crippen MR) is 90.3 cm³/mol. The average molecular weight is 331 g/mol. The van der Waals surface area contributed by atoms with E-state index < -0.39 is 0 Å². The maximum absolute atomic E-state index is 5.58. The Bertz CT molecular complexity index is 684. The fraction of sp³-hybridized carbons (Fsp3) is 0.556. The van der Waals surface area contributed by atoms with E-state index in [-0.39, 0.29) is 5.92 Å². The molecule has 0 N–H and O–H groups in total. The monoisotopic (exact) mass is 331 g/mol. The first-order chi connectivity index (χ1) is 11.6. The molecule has 0 saturated carbocycles. The number of hydrogen-bond donors (Lipinski definition) is 0. The minimum Gasteiger partial charge on any atom is -0.497 e. The number of benzene rings is 1. The number of hydrogen-bond acceptors (Lipinski definition) is 6. The number of rotatable bonds is 6. The minimum absolute atomic E-state index is 0.252. The summed E-state index contributed by atoms with van der Waals surface area (Å²) in [5, 5.41) is 4.12. The summed E-state index contributed by atoms with van der Waals surface area (Å²) < 4.78 is 16.2. The quantitative estimate of drug-likeness (QED) is 0.807. The van der Waals surface area contributed by atoms with Gasteiger partial charge in [-0.3, -0.25) is 4.90 Å². The SMILES string of the molecule is COc1ccc([C@@H]2CCCN2Cc2noc(C(C)C)n2)c(OC)c1. The molecule has 0 bridgehead atoms. The molecule has 1 saturated heterocycles. The van der Waals surface area contributed by atoms with Gasteiger partial charge in [-0.25, -0.2) is 0 Å². The van der Waals surface area contributed by atoms with Gasteiger partial charge in [0, 0.05) is 23.6 Å². The van der Waals surface area contributed by atoms with Crippen LogP contribution in [0.2, 0.25) is 0 Å². The maximum Gasteiger partial charge on any atom is 0.229 e. The van der Waals surface area contributed by atoms with Crippen molar-refractivity contribution >= 4 is 0 Å². The molecule has 2 aromatic rings. The van der Waals surface area contributed by atoms with Crippen molar-refractivity contribution in [3.05, 3.63) is 35.5 Å². The Morgan fingerprint density at radius 3 is 2.79 bits per heavy atom. The van der Waals surface area contributed by atoms with Gasteiger partial charge >= 0.3 is 0 Å². The van der Waals surface area contributed by atoms with Gasteiger partial charge in [-0.05, 0) is 25.5 Å². The molecular formula is C18H25N3O3. The molecule has 0 aliphatic carbocycles. The van der Waals surface area contributed by atoms with Crippen LogP contribution in [0.25, 0.3) is 0 Å². The molecule has 24 heavy (non-hydrogen) atoms. The molecule has 6 nitrogen and oxygen atoms in total. The first kappa shape index (κ1) is 16.8. The summed E-state index contributed by atoms with van der Waals surface area (Å²) in [4.78, 5) is 6.89. The van der Waals surface area contributed by atoms with Crippen molar-refractivity contribution in [3.8, 4) is 11.5 Å². The summed E-state index contributed by atoms with van der Waals surface area (Å²) in [6.07, 6.45) is 2.24. The van der Waals surface area contributed by atoms with Crippen LogP contribution >= 0.6 is 0 Å². The lowest BCUT2D eigenvalue weighted by molar-refractivity contribution is 0.233. The molecule has 6 heteroatoms. The maximum atomic E-state index is 5.58. The van der Waals surface area contributed by atoms with Crippen LogP contribution in [0.1, 0.15) is 55.9 Å². The Morgan fingerprint density at radius 1 is 1.29 bits per heavy atom. The summed E-state index contributed by atoms with van der Waals surface area (Å²) in [6.45, 7) is 5.82. The van der Waals surface area contributed by atoms with E-state index in [1.165, 1.54) is 5.56 Å². The molecule has 130 valence electrons. The van der Waals surface area contributed by atoms with Gasteiger partial charge in [0.25, 0.3) is 0 Å². The van der Waals surface area contributed by atoms with Gasteiger partial charge in [-0.2, -0.15) is 4.98 Å². The van der Waals surface area contributed by atoms with E-state index in [2.05, 4.69) is 35.0 Å². The van der Waals surface area contributed by atoms with E-state index in [4.69, 9.17) is 14.0 Å². The van der Waals surface area contributed by atoms with Crippen molar-refractivity contribution in [2.24, 2.45) is 0 Å². The minimum atomic E-state index is 0.252. The first-order valence-corrected chi connectivity index (χ1v) is 8.40. The summed E-state index contributed by atoms with van der Waals surface area (Å²) in [5.74, 6) is 3.37. The molecule has 3 rings (SSSR count). The summed E-state index contributed by atoms with van der Waals surface area (Å²) in [6, 6.07) is 6.32. The van der Waals surface area contributed by atoms with Crippen LogP contribution in [0.5, 0.6) is 11.5 Å². The highest BCUT2D eigenvalue weighted by molar-refractivity contribution is 5.42. The van der Waals surface area contributed by atoms with Crippen LogP contribution in [0.3, 0.4) is 0 Å². The van der Waals surface area contributed by atoms with Crippen molar-refractivity contribution in [2.45, 2.75) is 45.2 Å². The van der Waals surface area contributed by atoms with E-state index in [9.17, 15) is 0 Å². The van der Waals surface area contributed by atoms with Crippen LogP contribution < -0.4 is 9.47 Å². The zero-order chi connectivity index (χ0) is 17.1. The molecule has 1 aliphatic rings. The Labute approximate surface area is 142 Å². The summed E-state index contributed by atoms with van der Waals surface area (Å²) in [7, 11) is 3.37. The van der Waals surface area contributed by atoms with E-state index in [1.807, 2.05) is 12.1 Å². The zero-order valence-electron chi connectivity index (χ0n) is 14.8. The lowest BCUT2D eigenvalue weighted by Crippen LogP contribution is -2.23. The van der Waals surface area contributed by atoms with Gasteiger partial charge in [0.05, 0.1) is 20.8 Å². The largest absolute Gasteiger partial charge is 0.497 e. The number of likely N-dealkylation sites (tertiary alicyclic amines) is 1. The van der Waals surface area contributed by atoms with Crippen molar-refractivity contribution in [2.75, 3.05) is 20.8 Å². The molecule has 1 fully saturated rings. The smallest absolute Gasteiger partial charge is 0.229 e. The van der Waals surface area contributed by atoms with Gasteiger partial charge < -0.3 is 14.0 Å². The first-order valence-electron chi connectivity index (χ1n) is 8.40. The van der Waals surface area contributed by atoms with Gasteiger partial charge in [0.1, 0.15) is 11.5 Å². The third-order valence-electron chi connectivity index (χ3n) is 4.49. The summed E-state index contributed by atoms with van der Waals surface area (Å²) >= 11 is 0. The molecule has 0 spiro atoms. The van der Waals surface area contributed by atoms with E-state index in [0.29, 0.717) is 18.5 Å². The fourth-order valence-electron chi connectivity index (χ4n) is 3.21. The Balaban J connectivity index is 1.80. The molecular weight excluding hydrogens is 306 g/mol. The molecule has 2 heterocycles. The van der Waals surface area contributed by atoms with Gasteiger partial charge in [-0.15, -0.1) is 0 Å². The molecule has 1 aromatic carbocycles. The molecule has 1 atom stereocenters. The van der Waals surface area contributed by atoms with Gasteiger partial charge in [0.2, 0.25) is 5.89 Å². The standard InChI is InChI=1S/C18H25N3O3/c1-12(2)18-19-17(20-24-18)11-21-9-5-6-15(21)14-8-7-13(22-3)10-16(14)23-4/h7-8,10,12,15H,5-6,9,11H2,1-4H3/t15-/m0/s1. The summed E-state index contributed by atoms with van der Waals surface area (Å²) in [5.41, 5.74) is 1.18. The van der Waals surface area contributed by atoms with E-state index >= 15 is 0 Å². The molecule has 0 unspecified atom stereocenters. The highest BCUT2D eigenvalue weighted by Crippen LogP contribution is 2.39. The number of methoxy groups -OCH3 is 2. The van der Waals surface area contributed by atoms with E-state index in [0.717, 1.165) is 36.7 Å². The van der Waals surface area contributed by atoms with E-state index in [1.54, 1.807) is 14.2 Å². The normalized spacial score (nSPS) is 18.3. The van der Waals surface area contributed by atoms with Crippen molar-refractivity contribution < 1.29 is 14.0 Å². The van der Waals surface area contributed by atoms with Crippen LogP contribution in [-0.2, 0) is 6.54 Å². The molecule has 0 radical (unpaired) electrons. The van der Waals surface area contributed by atoms with Crippen molar-refractivity contribution in [1.82, 2.24) is 15.0 Å². The highest BCUT2D eigenvalue weighted by Gasteiger charge is 2.29. The number of ether oxygens (including phenoxy) is 2. The molecule has 0 amide bonds. The van der Waals surface area contributed by atoms with Crippen LogP contribution in [0.15, 0.2) is 22.7 Å². The Morgan fingerprint density at radius 2 is 2.12 bits per heavy atom. The highest BCUT2D eigenvalue weighted by atomic mass is 16.5. The zero-order valence-corrected chi connectivity index (χ0v) is 14.8. The van der Waals surface area contributed by atoms with Crippen molar-refractivity contribution in [3.63, 3.8) is 0 Å². The topological polar surface area (TPSA) is 60.6 Å². The third-order valence-corrected chi connectivity index (χ3v) is 4.49. The van der Waals surface area contributed by atoms with Crippen LogP contribution in [0.4, 0.5) is 0 Å². The average Bonchev–Trinajstić information content (AvgIpc) is 3.24. The second-order valence-electron chi connectivity index (χ2n) is 6.44. The van der Waals surface area contributed by atoms with Gasteiger partial charge in [0.15, 0.2) is 5.82 Å². The van der Waals surface area contributed by atoms with Crippen molar-refractivity contribution in [1.29, 1.82) is 0 Å². The molecule has 1 aliphatic heterocycles.